The predicted octanol–water partition coefficient (Wildman–Crippen LogP) is 5.76. The highest BCUT2D eigenvalue weighted by Crippen LogP contribution is 2.51. The Morgan fingerprint density at radius 3 is 2.65 bits per heavy atom. The summed E-state index contributed by atoms with van der Waals surface area (Å²) >= 11 is 8.21. The fraction of sp³-hybridized carbons (Fsp3) is 0.290. The summed E-state index contributed by atoms with van der Waals surface area (Å²) in [5, 5.41) is 11.4. The third-order valence-corrected chi connectivity index (χ3v) is 9.99. The number of benzene rings is 1. The van der Waals surface area contributed by atoms with Gasteiger partial charge in [-0.15, -0.1) is 12.4 Å². The standard InChI is InChI=1S/C31H30ClN7O2S.ClH/c1-41-25-8-4-7-21(35-25)22-17-39-12-9-24(27(32)30(39)37-22)42-26-16-34-29(23(18-40)36-26)38-13-10-31(11-14-38)15-19-5-2-3-6-20(19)28(31)33;/h2-9,12,16-17,28,40H,10-11,13-15,18,33H2,1H3;1H/t28-;/m1./s1. The van der Waals surface area contributed by atoms with Gasteiger partial charge in [-0.1, -0.05) is 53.7 Å². The zero-order chi connectivity index (χ0) is 28.8. The Balaban J connectivity index is 0.00000329. The maximum Gasteiger partial charge on any atom is 0.213 e. The minimum Gasteiger partial charge on any atom is -0.481 e. The molecule has 1 fully saturated rings. The highest BCUT2D eigenvalue weighted by atomic mass is 35.5. The third kappa shape index (κ3) is 5.32. The smallest absolute Gasteiger partial charge is 0.213 e. The van der Waals surface area contributed by atoms with E-state index in [1.807, 2.05) is 35.0 Å². The lowest BCUT2D eigenvalue weighted by Crippen LogP contribution is -2.45. The van der Waals surface area contributed by atoms with Gasteiger partial charge in [0.1, 0.15) is 16.4 Å². The first-order chi connectivity index (χ1) is 20.5. The molecule has 2 aliphatic rings. The molecule has 7 rings (SSSR count). The van der Waals surface area contributed by atoms with Crippen LogP contribution in [0.5, 0.6) is 5.88 Å². The van der Waals surface area contributed by atoms with Crippen LogP contribution in [-0.4, -0.2) is 49.6 Å². The van der Waals surface area contributed by atoms with Crippen LogP contribution < -0.4 is 15.4 Å². The molecule has 1 atom stereocenters. The molecule has 43 heavy (non-hydrogen) atoms. The number of pyridine rings is 2. The summed E-state index contributed by atoms with van der Waals surface area (Å²) in [7, 11) is 1.58. The van der Waals surface area contributed by atoms with Crippen molar-refractivity contribution in [3.8, 4) is 17.3 Å². The van der Waals surface area contributed by atoms with E-state index in [0.29, 0.717) is 38.7 Å². The molecule has 0 radical (unpaired) electrons. The number of fused-ring (bicyclic) bond motifs is 2. The summed E-state index contributed by atoms with van der Waals surface area (Å²) in [4.78, 5) is 21.8. The molecular weight excluding hydrogens is 605 g/mol. The van der Waals surface area contributed by atoms with Crippen LogP contribution in [0.4, 0.5) is 5.82 Å². The Bertz CT molecular complexity index is 1790. The van der Waals surface area contributed by atoms with Gasteiger partial charge in [0.15, 0.2) is 11.5 Å². The monoisotopic (exact) mass is 635 g/mol. The first kappa shape index (κ1) is 29.7. The molecule has 0 unspecified atom stereocenters. The average molecular weight is 637 g/mol. The summed E-state index contributed by atoms with van der Waals surface area (Å²) in [6, 6.07) is 16.1. The van der Waals surface area contributed by atoms with Gasteiger partial charge >= 0.3 is 0 Å². The number of anilines is 1. The van der Waals surface area contributed by atoms with E-state index in [1.54, 1.807) is 19.4 Å². The van der Waals surface area contributed by atoms with E-state index in [2.05, 4.69) is 34.1 Å². The molecule has 1 aliphatic carbocycles. The van der Waals surface area contributed by atoms with Crippen molar-refractivity contribution < 1.29 is 9.84 Å². The predicted molar refractivity (Wildman–Crippen MR) is 170 cm³/mol. The number of nitrogens with two attached hydrogens (primary N) is 1. The van der Waals surface area contributed by atoms with Gasteiger partial charge in [-0.25, -0.2) is 19.9 Å². The number of hydrogen-bond donors (Lipinski definition) is 2. The van der Waals surface area contributed by atoms with Crippen molar-refractivity contribution in [2.45, 2.75) is 41.8 Å². The molecule has 0 saturated carbocycles. The summed E-state index contributed by atoms with van der Waals surface area (Å²) in [6.45, 7) is 1.44. The van der Waals surface area contributed by atoms with Gasteiger partial charge in [0.2, 0.25) is 5.88 Å². The number of aliphatic hydroxyl groups is 1. The summed E-state index contributed by atoms with van der Waals surface area (Å²) in [5.74, 6) is 1.25. The lowest BCUT2D eigenvalue weighted by molar-refractivity contribution is 0.186. The van der Waals surface area contributed by atoms with Crippen LogP contribution in [0.2, 0.25) is 5.02 Å². The molecule has 5 heterocycles. The van der Waals surface area contributed by atoms with Crippen molar-refractivity contribution in [2.75, 3.05) is 25.1 Å². The Kier molecular flexibility index (Phi) is 8.23. The molecule has 4 aromatic heterocycles. The summed E-state index contributed by atoms with van der Waals surface area (Å²) in [6.07, 6.45) is 8.50. The molecule has 12 heteroatoms. The molecule has 0 bridgehead atoms. The van der Waals surface area contributed by atoms with E-state index in [0.717, 1.165) is 43.1 Å². The maximum absolute atomic E-state index is 10.2. The molecule has 1 aliphatic heterocycles. The molecule has 1 spiro atoms. The van der Waals surface area contributed by atoms with E-state index in [1.165, 1.54) is 22.9 Å². The lowest BCUT2D eigenvalue weighted by atomic mass is 9.73. The largest absolute Gasteiger partial charge is 0.481 e. The van der Waals surface area contributed by atoms with Crippen molar-refractivity contribution in [1.82, 2.24) is 24.3 Å². The van der Waals surface area contributed by atoms with Crippen molar-refractivity contribution in [1.29, 1.82) is 0 Å². The van der Waals surface area contributed by atoms with E-state index in [4.69, 9.17) is 37.0 Å². The second-order valence-corrected chi connectivity index (χ2v) is 12.3. The van der Waals surface area contributed by atoms with Crippen molar-refractivity contribution in [3.63, 3.8) is 0 Å². The fourth-order valence-electron chi connectivity index (χ4n) is 6.28. The van der Waals surface area contributed by atoms with Crippen LogP contribution in [0, 0.1) is 5.41 Å². The Hall–Kier alpha value is -3.41. The Labute approximate surface area is 264 Å². The van der Waals surface area contributed by atoms with E-state index in [9.17, 15) is 5.11 Å². The topological polar surface area (TPSA) is 115 Å². The van der Waals surface area contributed by atoms with Crippen LogP contribution in [0.1, 0.15) is 35.7 Å². The van der Waals surface area contributed by atoms with Crippen LogP contribution in [0.25, 0.3) is 17.0 Å². The van der Waals surface area contributed by atoms with Crippen LogP contribution in [-0.2, 0) is 13.0 Å². The summed E-state index contributed by atoms with van der Waals surface area (Å²) < 4.78 is 7.12. The number of ether oxygens (including phenoxy) is 1. The minimum absolute atomic E-state index is 0. The van der Waals surface area contributed by atoms with Gasteiger partial charge in [0, 0.05) is 42.5 Å². The van der Waals surface area contributed by atoms with E-state index in [-0.39, 0.29) is 30.5 Å². The van der Waals surface area contributed by atoms with Crippen LogP contribution >= 0.6 is 35.8 Å². The number of aromatic nitrogens is 5. The second-order valence-electron chi connectivity index (χ2n) is 10.9. The van der Waals surface area contributed by atoms with E-state index < -0.39 is 0 Å². The fourth-order valence-corrected chi connectivity index (χ4v) is 7.39. The van der Waals surface area contributed by atoms with Crippen molar-refractivity contribution in [3.05, 3.63) is 89.0 Å². The maximum atomic E-state index is 10.2. The number of imidazole rings is 1. The van der Waals surface area contributed by atoms with Gasteiger partial charge < -0.3 is 24.9 Å². The molecule has 0 amide bonds. The number of aliphatic hydroxyl groups excluding tert-OH is 1. The quantitative estimate of drug-likeness (QED) is 0.240. The number of methoxy groups -OCH3 is 1. The molecule has 3 N–H and O–H groups in total. The first-order valence-electron chi connectivity index (χ1n) is 13.9. The lowest BCUT2D eigenvalue weighted by Gasteiger charge is -2.42. The minimum atomic E-state index is -0.201. The van der Waals surface area contributed by atoms with Gasteiger partial charge in [-0.3, -0.25) is 0 Å². The number of piperidine rings is 1. The SMILES string of the molecule is COc1cccc(-c2cn3ccc(Sc4cnc(N5CCC6(CC5)Cc5ccccc5[C@H]6N)c(CO)n4)c(Cl)c3n2)n1.Cl. The highest BCUT2D eigenvalue weighted by molar-refractivity contribution is 7.99. The zero-order valence-corrected chi connectivity index (χ0v) is 25.9. The number of nitrogens with zero attached hydrogens (tertiary/aromatic N) is 6. The first-order valence-corrected chi connectivity index (χ1v) is 15.1. The van der Waals surface area contributed by atoms with Gasteiger partial charge in [-0.05, 0) is 47.9 Å². The Morgan fingerprint density at radius 1 is 1.07 bits per heavy atom. The van der Waals surface area contributed by atoms with Gasteiger partial charge in [-0.2, -0.15) is 0 Å². The van der Waals surface area contributed by atoms with Gasteiger partial charge in [0.05, 0.1) is 30.6 Å². The van der Waals surface area contributed by atoms with E-state index >= 15 is 0 Å². The number of rotatable bonds is 6. The summed E-state index contributed by atoms with van der Waals surface area (Å²) in [5.41, 5.74) is 12.0. The number of hydrogen-bond acceptors (Lipinski definition) is 9. The van der Waals surface area contributed by atoms with Crippen LogP contribution in [0.3, 0.4) is 0 Å². The second kappa shape index (κ2) is 11.9. The van der Waals surface area contributed by atoms with Crippen LogP contribution in [0.15, 0.2) is 77.0 Å². The normalized spacial score (nSPS) is 17.2. The Morgan fingerprint density at radius 2 is 1.88 bits per heavy atom. The third-order valence-electron chi connectivity index (χ3n) is 8.54. The molecule has 222 valence electrons. The van der Waals surface area contributed by atoms with Crippen molar-refractivity contribution >= 4 is 47.2 Å². The molecular formula is C31H31Cl2N7O2S. The zero-order valence-electron chi connectivity index (χ0n) is 23.5. The highest BCUT2D eigenvalue weighted by Gasteiger charge is 2.46. The molecule has 5 aromatic rings. The van der Waals surface area contributed by atoms with Crippen molar-refractivity contribution in [2.24, 2.45) is 11.1 Å². The number of halogens is 2. The van der Waals surface area contributed by atoms with Gasteiger partial charge in [0.25, 0.3) is 0 Å². The molecule has 1 aromatic carbocycles. The molecule has 1 saturated heterocycles. The molecule has 9 nitrogen and oxygen atoms in total. The average Bonchev–Trinajstić information content (AvgIpc) is 3.59.